The summed E-state index contributed by atoms with van der Waals surface area (Å²) in [6.45, 7) is 4.95. The van der Waals surface area contributed by atoms with Crippen molar-refractivity contribution in [3.63, 3.8) is 0 Å². The van der Waals surface area contributed by atoms with Crippen molar-refractivity contribution in [3.05, 3.63) is 34.1 Å². The fourth-order valence-electron chi connectivity index (χ4n) is 2.40. The first-order valence-corrected chi connectivity index (χ1v) is 6.76. The molecule has 1 N–H and O–H groups in total. The number of hydrogen-bond donors (Lipinski definition) is 1. The van der Waals surface area contributed by atoms with Crippen molar-refractivity contribution >= 4 is 11.4 Å². The number of hydrogen-bond acceptors (Lipinski definition) is 4. The Morgan fingerprint density at radius 1 is 1.45 bits per heavy atom. The Morgan fingerprint density at radius 3 is 2.65 bits per heavy atom. The van der Waals surface area contributed by atoms with E-state index in [1.54, 1.807) is 0 Å². The molecular formula is C14H20FN3O2. The predicted octanol–water partition coefficient (Wildman–Crippen LogP) is 2.88. The fraction of sp³-hybridized carbons (Fsp3) is 0.571. The molecule has 1 saturated heterocycles. The number of non-ortho nitro benzene ring substituents is 1. The predicted molar refractivity (Wildman–Crippen MR) is 76.4 cm³/mol. The van der Waals surface area contributed by atoms with E-state index in [2.05, 4.69) is 24.2 Å². The molecule has 0 spiro atoms. The van der Waals surface area contributed by atoms with Gasteiger partial charge in [0.25, 0.3) is 5.69 Å². The topological polar surface area (TPSA) is 58.4 Å². The maximum absolute atomic E-state index is 13.8. The van der Waals surface area contributed by atoms with Gasteiger partial charge in [0.1, 0.15) is 0 Å². The molecule has 5 nitrogen and oxygen atoms in total. The smallest absolute Gasteiger partial charge is 0.272 e. The van der Waals surface area contributed by atoms with Gasteiger partial charge in [-0.1, -0.05) is 6.92 Å². The van der Waals surface area contributed by atoms with Gasteiger partial charge in [-0.2, -0.15) is 0 Å². The highest BCUT2D eigenvalue weighted by Crippen LogP contribution is 2.31. The number of nitrogens with one attached hydrogen (secondary N) is 1. The maximum Gasteiger partial charge on any atom is 0.272 e. The summed E-state index contributed by atoms with van der Waals surface area (Å²) < 4.78 is 13.8. The molecule has 1 aromatic rings. The van der Waals surface area contributed by atoms with E-state index in [1.165, 1.54) is 12.1 Å². The second kappa shape index (κ2) is 5.75. The van der Waals surface area contributed by atoms with Gasteiger partial charge in [-0.3, -0.25) is 10.1 Å². The van der Waals surface area contributed by atoms with Crippen LogP contribution in [0.5, 0.6) is 0 Å². The molecule has 0 saturated carbocycles. The van der Waals surface area contributed by atoms with Crippen LogP contribution in [0.3, 0.4) is 0 Å². The summed E-state index contributed by atoms with van der Waals surface area (Å²) in [5.41, 5.74) is 0.245. The molecule has 0 aliphatic carbocycles. The van der Waals surface area contributed by atoms with E-state index in [1.807, 2.05) is 0 Å². The minimum absolute atomic E-state index is 0.140. The number of anilines is 1. The molecule has 110 valence electrons. The Labute approximate surface area is 117 Å². The fourth-order valence-corrected chi connectivity index (χ4v) is 2.40. The summed E-state index contributed by atoms with van der Waals surface area (Å²) in [7, 11) is 2.10. The first-order valence-electron chi connectivity index (χ1n) is 6.76. The third-order valence-electron chi connectivity index (χ3n) is 4.06. The van der Waals surface area contributed by atoms with Crippen LogP contribution in [0.1, 0.15) is 19.8 Å². The Kier molecular flexibility index (Phi) is 4.23. The van der Waals surface area contributed by atoms with Gasteiger partial charge in [0.15, 0.2) is 5.82 Å². The van der Waals surface area contributed by atoms with E-state index >= 15 is 0 Å². The number of benzene rings is 1. The number of nitrogens with zero attached hydrogens (tertiary/aromatic N) is 2. The van der Waals surface area contributed by atoms with Gasteiger partial charge in [0.2, 0.25) is 0 Å². The summed E-state index contributed by atoms with van der Waals surface area (Å²) >= 11 is 0. The van der Waals surface area contributed by atoms with Crippen LogP contribution >= 0.6 is 0 Å². The zero-order valence-corrected chi connectivity index (χ0v) is 11.9. The third-order valence-corrected chi connectivity index (χ3v) is 4.06. The SMILES string of the molecule is CN1CCC(C)(CNc2ccc([N+](=O)[O-])cc2F)CC1. The quantitative estimate of drug-likeness (QED) is 0.681. The summed E-state index contributed by atoms with van der Waals surface area (Å²) in [5.74, 6) is -0.573. The van der Waals surface area contributed by atoms with Crippen molar-refractivity contribution in [2.45, 2.75) is 19.8 Å². The number of piperidine rings is 1. The number of nitro groups is 1. The summed E-state index contributed by atoms with van der Waals surface area (Å²) in [5, 5.41) is 13.7. The van der Waals surface area contributed by atoms with Crippen LogP contribution in [-0.4, -0.2) is 36.5 Å². The Balaban J connectivity index is 1.99. The molecule has 6 heteroatoms. The molecular weight excluding hydrogens is 261 g/mol. The molecule has 0 amide bonds. The normalized spacial score (nSPS) is 18.8. The lowest BCUT2D eigenvalue weighted by Crippen LogP contribution is -2.40. The summed E-state index contributed by atoms with van der Waals surface area (Å²) in [6, 6.07) is 3.72. The minimum atomic E-state index is -0.592. The number of nitro benzene ring substituents is 1. The highest BCUT2D eigenvalue weighted by atomic mass is 19.1. The first-order chi connectivity index (χ1) is 9.39. The maximum atomic E-state index is 13.8. The lowest BCUT2D eigenvalue weighted by atomic mass is 9.80. The van der Waals surface area contributed by atoms with Gasteiger partial charge in [-0.15, -0.1) is 0 Å². The van der Waals surface area contributed by atoms with E-state index in [0.29, 0.717) is 12.2 Å². The van der Waals surface area contributed by atoms with Gasteiger partial charge >= 0.3 is 0 Å². The van der Waals surface area contributed by atoms with Crippen LogP contribution in [0, 0.1) is 21.3 Å². The van der Waals surface area contributed by atoms with E-state index in [9.17, 15) is 14.5 Å². The molecule has 2 rings (SSSR count). The molecule has 1 aromatic carbocycles. The Bertz CT molecular complexity index is 499. The molecule has 20 heavy (non-hydrogen) atoms. The summed E-state index contributed by atoms with van der Waals surface area (Å²) in [4.78, 5) is 12.3. The molecule has 1 fully saturated rings. The first kappa shape index (κ1) is 14.7. The lowest BCUT2D eigenvalue weighted by Gasteiger charge is -2.38. The van der Waals surface area contributed by atoms with Crippen LogP contribution in [0.25, 0.3) is 0 Å². The molecule has 0 radical (unpaired) electrons. The molecule has 1 heterocycles. The average Bonchev–Trinajstić information content (AvgIpc) is 2.41. The van der Waals surface area contributed by atoms with Gasteiger partial charge in [0.05, 0.1) is 16.7 Å². The number of halogens is 1. The van der Waals surface area contributed by atoms with E-state index < -0.39 is 10.7 Å². The molecule has 0 atom stereocenters. The van der Waals surface area contributed by atoms with Gasteiger partial charge < -0.3 is 10.2 Å². The van der Waals surface area contributed by atoms with Crippen molar-refractivity contribution in [1.82, 2.24) is 4.90 Å². The van der Waals surface area contributed by atoms with Crippen LogP contribution in [0.2, 0.25) is 0 Å². The summed E-state index contributed by atoms with van der Waals surface area (Å²) in [6.07, 6.45) is 2.12. The average molecular weight is 281 g/mol. The van der Waals surface area contributed by atoms with Crippen LogP contribution in [0.15, 0.2) is 18.2 Å². The second-order valence-electron chi connectivity index (χ2n) is 5.89. The Morgan fingerprint density at radius 2 is 2.10 bits per heavy atom. The van der Waals surface area contributed by atoms with Crippen molar-refractivity contribution in [2.75, 3.05) is 32.0 Å². The highest BCUT2D eigenvalue weighted by molar-refractivity contribution is 5.50. The van der Waals surface area contributed by atoms with Crippen molar-refractivity contribution in [3.8, 4) is 0 Å². The molecule has 0 unspecified atom stereocenters. The zero-order chi connectivity index (χ0) is 14.8. The van der Waals surface area contributed by atoms with Gasteiger partial charge in [-0.05, 0) is 44.5 Å². The molecule has 1 aliphatic rings. The van der Waals surface area contributed by atoms with Crippen molar-refractivity contribution < 1.29 is 9.31 Å². The van der Waals surface area contributed by atoms with E-state index in [-0.39, 0.29) is 11.1 Å². The van der Waals surface area contributed by atoms with Gasteiger partial charge in [0, 0.05) is 12.6 Å². The molecule has 1 aliphatic heterocycles. The monoisotopic (exact) mass is 281 g/mol. The van der Waals surface area contributed by atoms with Crippen LogP contribution in [-0.2, 0) is 0 Å². The number of likely N-dealkylation sites (tertiary alicyclic amines) is 1. The standard InChI is InChI=1S/C14H20FN3O2/c1-14(5-7-17(2)8-6-14)10-16-13-4-3-11(18(19)20)9-12(13)15/h3-4,9,16H,5-8,10H2,1-2H3. The third kappa shape index (κ3) is 3.45. The van der Waals surface area contributed by atoms with Gasteiger partial charge in [-0.25, -0.2) is 4.39 Å². The van der Waals surface area contributed by atoms with E-state index in [4.69, 9.17) is 0 Å². The minimum Gasteiger partial charge on any atom is -0.382 e. The zero-order valence-electron chi connectivity index (χ0n) is 11.9. The van der Waals surface area contributed by atoms with Crippen LogP contribution in [0.4, 0.5) is 15.8 Å². The highest BCUT2D eigenvalue weighted by Gasteiger charge is 2.28. The van der Waals surface area contributed by atoms with Crippen LogP contribution < -0.4 is 5.32 Å². The van der Waals surface area contributed by atoms with Crippen molar-refractivity contribution in [2.24, 2.45) is 5.41 Å². The van der Waals surface area contributed by atoms with Crippen molar-refractivity contribution in [1.29, 1.82) is 0 Å². The molecule has 0 aromatic heterocycles. The number of rotatable bonds is 4. The lowest BCUT2D eigenvalue weighted by molar-refractivity contribution is -0.385. The largest absolute Gasteiger partial charge is 0.382 e. The molecule has 0 bridgehead atoms. The Hall–Kier alpha value is -1.69. The van der Waals surface area contributed by atoms with E-state index in [0.717, 1.165) is 32.0 Å². The second-order valence-corrected chi connectivity index (χ2v) is 5.89.